The highest BCUT2D eigenvalue weighted by molar-refractivity contribution is 6.23. The third kappa shape index (κ3) is 5.81. The number of allylic oxidation sites excluding steroid dienone is 1. The van der Waals surface area contributed by atoms with Gasteiger partial charge >= 0.3 is 0 Å². The zero-order chi connectivity index (χ0) is 32.7. The van der Waals surface area contributed by atoms with Gasteiger partial charge in [-0.05, 0) is 69.0 Å². The van der Waals surface area contributed by atoms with E-state index < -0.39 is 35.5 Å². The predicted octanol–water partition coefficient (Wildman–Crippen LogP) is 2.68. The molecule has 4 amide bonds. The van der Waals surface area contributed by atoms with Crippen molar-refractivity contribution in [2.24, 2.45) is 5.90 Å². The van der Waals surface area contributed by atoms with Crippen LogP contribution in [0, 0.1) is 17.1 Å². The number of benzene rings is 2. The van der Waals surface area contributed by atoms with E-state index in [1.54, 1.807) is 11.8 Å². The third-order valence-electron chi connectivity index (χ3n) is 9.13. The molecule has 1 aliphatic carbocycles. The first-order valence-corrected chi connectivity index (χ1v) is 15.3. The second kappa shape index (κ2) is 12.2. The number of carbonyl (C=O) groups is 4. The molecule has 2 unspecified atom stereocenters. The first-order chi connectivity index (χ1) is 22.0. The Kier molecular flexibility index (Phi) is 8.26. The van der Waals surface area contributed by atoms with E-state index >= 15 is 4.39 Å². The molecule has 240 valence electrons. The second-order valence-corrected chi connectivity index (χ2v) is 12.3. The first kappa shape index (κ1) is 31.2. The summed E-state index contributed by atoms with van der Waals surface area (Å²) in [5.41, 5.74) is 1.70. The number of amides is 4. The molecule has 2 atom stereocenters. The number of hydrogen-bond donors (Lipinski definition) is 2. The van der Waals surface area contributed by atoms with Crippen LogP contribution >= 0.6 is 0 Å². The molecular formula is C33H35FN6O6. The molecule has 0 radical (unpaired) electrons. The van der Waals surface area contributed by atoms with E-state index in [1.165, 1.54) is 6.07 Å². The molecular weight excluding hydrogens is 595 g/mol. The smallest absolute Gasteiger partial charge is 0.262 e. The van der Waals surface area contributed by atoms with Crippen molar-refractivity contribution in [1.82, 2.24) is 10.2 Å². The van der Waals surface area contributed by atoms with Crippen LogP contribution in [0.25, 0.3) is 0 Å². The molecule has 0 spiro atoms. The summed E-state index contributed by atoms with van der Waals surface area (Å²) in [6, 6.07) is 11.7. The van der Waals surface area contributed by atoms with Gasteiger partial charge in [0.25, 0.3) is 11.8 Å². The average Bonchev–Trinajstić information content (AvgIpc) is 3.79. The van der Waals surface area contributed by atoms with Crippen molar-refractivity contribution in [3.8, 4) is 6.07 Å². The fourth-order valence-electron chi connectivity index (χ4n) is 6.28. The Morgan fingerprint density at radius 3 is 2.46 bits per heavy atom. The molecule has 13 heteroatoms. The van der Waals surface area contributed by atoms with Crippen molar-refractivity contribution < 1.29 is 33.1 Å². The Labute approximate surface area is 265 Å². The fraction of sp³-hybridized carbons (Fsp3) is 0.424. The summed E-state index contributed by atoms with van der Waals surface area (Å²) in [5.74, 6) is 2.61. The summed E-state index contributed by atoms with van der Waals surface area (Å²) in [6.45, 7) is 5.53. The molecule has 1 saturated carbocycles. The highest BCUT2D eigenvalue weighted by atomic mass is 19.1. The molecule has 2 saturated heterocycles. The van der Waals surface area contributed by atoms with Crippen LogP contribution in [0.15, 0.2) is 48.2 Å². The maximum atomic E-state index is 15.2. The summed E-state index contributed by atoms with van der Waals surface area (Å²) >= 11 is 0. The zero-order valence-corrected chi connectivity index (χ0v) is 25.6. The molecule has 46 heavy (non-hydrogen) atoms. The summed E-state index contributed by atoms with van der Waals surface area (Å²) in [5, 5.41) is 11.7. The lowest BCUT2D eigenvalue weighted by atomic mass is 9.97. The van der Waals surface area contributed by atoms with Crippen LogP contribution in [0.3, 0.4) is 0 Å². The summed E-state index contributed by atoms with van der Waals surface area (Å²) in [7, 11) is 0. The standard InChI is InChI=1S/C33H35FN6O6/c1-19(46-36)9-12-38(22-5-3-21(4-6-22)33(18-35)10-11-33)15-20(2)45-23-16-39(17-23)28-14-25-24(13-26(28)34)31(43)40(32(25)44)27-7-8-29(41)37-30(27)42/h3-6,9,13-14,20,23,27H,7-8,10-12,15-17,36H2,1-2H3,(H,37,41,42)/b19-9-. The van der Waals surface area contributed by atoms with Gasteiger partial charge < -0.3 is 19.4 Å². The van der Waals surface area contributed by atoms with Crippen LogP contribution in [0.1, 0.15) is 65.8 Å². The van der Waals surface area contributed by atoms with Crippen LogP contribution in [-0.2, 0) is 24.6 Å². The highest BCUT2D eigenvalue weighted by Gasteiger charge is 2.46. The molecule has 2 aromatic carbocycles. The number of piperidine rings is 1. The van der Waals surface area contributed by atoms with Crippen molar-refractivity contribution in [3.63, 3.8) is 0 Å². The number of nitrogens with two attached hydrogens (primary N) is 1. The average molecular weight is 631 g/mol. The number of halogens is 1. The summed E-state index contributed by atoms with van der Waals surface area (Å²) in [6.07, 6.45) is 3.23. The van der Waals surface area contributed by atoms with Gasteiger partial charge in [-0.25, -0.2) is 4.39 Å². The van der Waals surface area contributed by atoms with E-state index in [4.69, 9.17) is 15.5 Å². The van der Waals surface area contributed by atoms with Crippen molar-refractivity contribution in [1.29, 1.82) is 5.26 Å². The lowest BCUT2D eigenvalue weighted by molar-refractivity contribution is -0.136. The fourth-order valence-corrected chi connectivity index (χ4v) is 6.28. The van der Waals surface area contributed by atoms with Gasteiger partial charge in [0.15, 0.2) is 0 Å². The van der Waals surface area contributed by atoms with E-state index in [1.807, 2.05) is 37.3 Å². The molecule has 3 fully saturated rings. The van der Waals surface area contributed by atoms with E-state index in [-0.39, 0.29) is 47.3 Å². The van der Waals surface area contributed by atoms with Gasteiger partial charge in [0.2, 0.25) is 11.8 Å². The Morgan fingerprint density at radius 2 is 1.85 bits per heavy atom. The minimum Gasteiger partial charge on any atom is -0.417 e. The van der Waals surface area contributed by atoms with Crippen LogP contribution in [0.5, 0.6) is 0 Å². The number of nitrogens with zero attached hydrogens (tertiary/aromatic N) is 4. The van der Waals surface area contributed by atoms with Crippen LogP contribution in [0.4, 0.5) is 15.8 Å². The summed E-state index contributed by atoms with van der Waals surface area (Å²) < 4.78 is 21.5. The molecule has 12 nitrogen and oxygen atoms in total. The molecule has 0 aromatic heterocycles. The highest BCUT2D eigenvalue weighted by Crippen LogP contribution is 2.47. The van der Waals surface area contributed by atoms with E-state index in [0.29, 0.717) is 31.9 Å². The van der Waals surface area contributed by atoms with Gasteiger partial charge in [-0.15, -0.1) is 0 Å². The molecule has 3 N–H and O–H groups in total. The van der Waals surface area contributed by atoms with Gasteiger partial charge in [0, 0.05) is 38.3 Å². The Balaban J connectivity index is 1.09. The maximum Gasteiger partial charge on any atom is 0.262 e. The van der Waals surface area contributed by atoms with Crippen molar-refractivity contribution in [2.75, 3.05) is 36.0 Å². The zero-order valence-electron chi connectivity index (χ0n) is 25.6. The topological polar surface area (TPSA) is 158 Å². The molecule has 3 heterocycles. The van der Waals surface area contributed by atoms with E-state index in [9.17, 15) is 24.4 Å². The Bertz CT molecular complexity index is 1660. The number of nitriles is 1. The number of hydrogen-bond acceptors (Lipinski definition) is 10. The number of fused-ring (bicyclic) bond motifs is 1. The number of imide groups is 2. The van der Waals surface area contributed by atoms with Gasteiger partial charge in [-0.3, -0.25) is 29.4 Å². The minimum absolute atomic E-state index is 0.00246. The van der Waals surface area contributed by atoms with Gasteiger partial charge in [-0.2, -0.15) is 11.2 Å². The first-order valence-electron chi connectivity index (χ1n) is 15.3. The second-order valence-electron chi connectivity index (χ2n) is 12.3. The van der Waals surface area contributed by atoms with Gasteiger partial charge in [0.05, 0.1) is 40.5 Å². The number of nitrogens with one attached hydrogen (secondary N) is 1. The van der Waals surface area contributed by atoms with Crippen molar-refractivity contribution in [3.05, 3.63) is 70.7 Å². The number of carbonyl (C=O) groups excluding carboxylic acids is 4. The SMILES string of the molecule is C/C(=C/CN(CC(C)OC1CN(c2cc3c(cc2F)C(=O)N(C2CCC(=O)NC2=O)C3=O)C1)c1ccc(C2(C#N)CC2)cc1)ON. The monoisotopic (exact) mass is 630 g/mol. The maximum absolute atomic E-state index is 15.2. The Morgan fingerprint density at radius 1 is 1.17 bits per heavy atom. The van der Waals surface area contributed by atoms with Gasteiger partial charge in [0.1, 0.15) is 17.6 Å². The quantitative estimate of drug-likeness (QED) is 0.215. The van der Waals surface area contributed by atoms with E-state index in [0.717, 1.165) is 35.1 Å². The Hall–Kier alpha value is -4.80. The summed E-state index contributed by atoms with van der Waals surface area (Å²) in [4.78, 5) is 59.6. The van der Waals surface area contributed by atoms with Crippen molar-refractivity contribution >= 4 is 35.0 Å². The number of anilines is 2. The van der Waals surface area contributed by atoms with E-state index in [2.05, 4.69) is 16.3 Å². The lowest BCUT2D eigenvalue weighted by Gasteiger charge is -2.42. The van der Waals surface area contributed by atoms with Crippen molar-refractivity contribution in [2.45, 2.75) is 63.2 Å². The molecule has 3 aliphatic heterocycles. The molecule has 6 rings (SSSR count). The van der Waals surface area contributed by atoms with Crippen LogP contribution in [0.2, 0.25) is 0 Å². The molecule has 4 aliphatic rings. The number of rotatable bonds is 11. The normalized spacial score (nSPS) is 21.4. The lowest BCUT2D eigenvalue weighted by Crippen LogP contribution is -2.54. The third-order valence-corrected chi connectivity index (χ3v) is 9.13. The molecule has 0 bridgehead atoms. The number of ether oxygens (including phenoxy) is 1. The minimum atomic E-state index is -1.12. The van der Waals surface area contributed by atoms with Gasteiger partial charge in [-0.1, -0.05) is 12.1 Å². The van der Waals surface area contributed by atoms with Crippen LogP contribution < -0.4 is 21.0 Å². The largest absolute Gasteiger partial charge is 0.417 e. The predicted molar refractivity (Wildman–Crippen MR) is 164 cm³/mol. The molecule has 2 aromatic rings. The van der Waals surface area contributed by atoms with Crippen LogP contribution in [-0.4, -0.2) is 73.0 Å².